The van der Waals surface area contributed by atoms with Gasteiger partial charge in [0.15, 0.2) is 51.2 Å². The minimum atomic E-state index is -4.97. The Morgan fingerprint density at radius 1 is 0.557 bits per heavy atom. The maximum atomic E-state index is 13.6. The Kier molecular flexibility index (Phi) is 19.4. The predicted molar refractivity (Wildman–Crippen MR) is 288 cm³/mol. The van der Waals surface area contributed by atoms with E-state index in [-0.39, 0.29) is 56.9 Å². The number of carbonyl (C=O) groups excluding carboxylic acids is 3. The lowest BCUT2D eigenvalue weighted by molar-refractivity contribution is -0.287. The number of amidine groups is 1. The molecule has 464 valence electrons. The largest absolute Gasteiger partial charge is 0.586 e. The lowest BCUT2D eigenvalue weighted by Crippen LogP contribution is -2.26. The van der Waals surface area contributed by atoms with Gasteiger partial charge in [-0.1, -0.05) is 30.0 Å². The number of halogens is 10. The van der Waals surface area contributed by atoms with Crippen molar-refractivity contribution in [3.05, 3.63) is 150 Å². The van der Waals surface area contributed by atoms with Gasteiger partial charge in [-0.2, -0.15) is 0 Å². The van der Waals surface area contributed by atoms with Crippen molar-refractivity contribution in [3.8, 4) is 69.0 Å². The van der Waals surface area contributed by atoms with Gasteiger partial charge in [0.2, 0.25) is 0 Å². The number of hydrogen-bond donors (Lipinski definition) is 5. The number of hydrogen-bond acceptors (Lipinski definition) is 18. The SMILES string of the molecule is CC(C)(C)N=C(Nc1ccnc(C(N)=O)c1)Sc1ccccc1.COc1cc(OC(F)(F)F)ccc1Oc1cc2c(cc1C(=O)Nc1ccnc(C(N)=O)c1)OC(F)(F)O2.COc1cc(OC(F)(F)F)ccc1Oc1cc2c(cc1C(=O)O)OC(F)(F)O2. The molecule has 0 saturated heterocycles. The molecule has 2 aliphatic rings. The standard InChI is InChI=1S/C22H14F5N3O7.C17H20N4OS.C16H9F5O7/c1-33-16-7-11(35-21(23,24)25)2-3-14(16)34-15-9-18-17(36-22(26,27)37-18)8-12(15)20(32)30-10-4-5-29-13(6-10)19(28)31;1-17(2,3)21-16(23-13-7-5-4-6-8-13)20-12-9-10-19-14(11-12)15(18)22;1-24-11-4-7(26-15(17,18)19)2-3-9(11)25-10-6-13-12(5-8(10)14(22)23)27-16(20,21)28-13/h2-9H,1H3,(H2,28,31)(H,29,30,32);4-11H,1-3H3,(H2,18,22)(H,19,20,21);2-6H,1H3,(H,22,23). The van der Waals surface area contributed by atoms with Crippen LogP contribution in [0.1, 0.15) is 62.5 Å². The van der Waals surface area contributed by atoms with Crippen molar-refractivity contribution in [2.45, 2.75) is 56.5 Å². The van der Waals surface area contributed by atoms with Crippen LogP contribution >= 0.6 is 11.8 Å². The zero-order valence-electron chi connectivity index (χ0n) is 45.5. The highest BCUT2D eigenvalue weighted by Crippen LogP contribution is 2.49. The van der Waals surface area contributed by atoms with E-state index in [0.717, 1.165) is 90.6 Å². The number of aromatic carboxylic acids is 1. The molecule has 0 saturated carbocycles. The van der Waals surface area contributed by atoms with Crippen molar-refractivity contribution in [1.82, 2.24) is 9.97 Å². The molecule has 5 aromatic carbocycles. The molecule has 0 aliphatic carbocycles. The van der Waals surface area contributed by atoms with Crippen molar-refractivity contribution in [3.63, 3.8) is 0 Å². The lowest BCUT2D eigenvalue weighted by atomic mass is 10.1. The Balaban J connectivity index is 0.000000194. The number of primary amides is 2. The van der Waals surface area contributed by atoms with Crippen LogP contribution in [0.4, 0.5) is 55.3 Å². The zero-order chi connectivity index (χ0) is 64.5. The van der Waals surface area contributed by atoms with E-state index >= 15 is 0 Å². The molecule has 22 nitrogen and oxygen atoms in total. The third kappa shape index (κ3) is 18.5. The van der Waals surface area contributed by atoms with Gasteiger partial charge in [0.1, 0.15) is 39.9 Å². The van der Waals surface area contributed by atoms with Gasteiger partial charge in [0.25, 0.3) is 17.7 Å². The molecular formula is C55H43F10N7O15S. The highest BCUT2D eigenvalue weighted by Gasteiger charge is 2.46. The molecule has 0 spiro atoms. The summed E-state index contributed by atoms with van der Waals surface area (Å²) in [6.45, 7) is 6.09. The average molecular weight is 1260 g/mol. The van der Waals surface area contributed by atoms with Gasteiger partial charge in [-0.25, -0.2) is 4.79 Å². The second-order valence-electron chi connectivity index (χ2n) is 18.3. The maximum Gasteiger partial charge on any atom is 0.586 e. The van der Waals surface area contributed by atoms with Crippen LogP contribution in [0.3, 0.4) is 0 Å². The molecule has 0 unspecified atom stereocenters. The summed E-state index contributed by atoms with van der Waals surface area (Å²) in [5.74, 6) is -8.74. The molecule has 0 radical (unpaired) electrons. The van der Waals surface area contributed by atoms with Gasteiger partial charge < -0.3 is 74.6 Å². The molecule has 0 fully saturated rings. The number of rotatable bonds is 15. The Morgan fingerprint density at radius 2 is 0.977 bits per heavy atom. The van der Waals surface area contributed by atoms with E-state index < -0.39 is 94.8 Å². The summed E-state index contributed by atoms with van der Waals surface area (Å²) in [5.41, 5.74) is 10.2. The molecule has 88 heavy (non-hydrogen) atoms. The zero-order valence-corrected chi connectivity index (χ0v) is 46.3. The number of nitrogens with two attached hydrogens (primary N) is 2. The first-order chi connectivity index (χ1) is 41.1. The van der Waals surface area contributed by atoms with Gasteiger partial charge in [-0.15, -0.1) is 43.9 Å². The summed E-state index contributed by atoms with van der Waals surface area (Å²) in [7, 11) is 2.25. The maximum absolute atomic E-state index is 13.6. The third-order valence-corrected chi connectivity index (χ3v) is 11.5. The number of aromatic nitrogens is 2. The molecule has 2 aromatic heterocycles. The van der Waals surface area contributed by atoms with E-state index in [1.807, 2.05) is 51.1 Å². The van der Waals surface area contributed by atoms with Crippen LogP contribution in [-0.2, 0) is 0 Å². The number of methoxy groups -OCH3 is 2. The second kappa shape index (κ2) is 26.3. The molecule has 2 aliphatic heterocycles. The Bertz CT molecular complexity index is 3780. The Morgan fingerprint density at radius 3 is 1.39 bits per heavy atom. The number of alkyl halides is 10. The topological polar surface area (TPSA) is 295 Å². The van der Waals surface area contributed by atoms with E-state index in [4.69, 9.17) is 35.4 Å². The van der Waals surface area contributed by atoms with Gasteiger partial charge in [0.05, 0.1) is 25.3 Å². The quantitative estimate of drug-likeness (QED) is 0.0276. The van der Waals surface area contributed by atoms with Crippen LogP contribution in [0.15, 0.2) is 138 Å². The Hall–Kier alpha value is -10.6. The number of carbonyl (C=O) groups is 4. The summed E-state index contributed by atoms with van der Waals surface area (Å²) in [4.78, 5) is 60.5. The molecule has 0 bridgehead atoms. The van der Waals surface area contributed by atoms with Crippen LogP contribution in [0.5, 0.6) is 69.0 Å². The van der Waals surface area contributed by atoms with Crippen LogP contribution in [0.2, 0.25) is 0 Å². The first-order valence-electron chi connectivity index (χ1n) is 24.4. The normalized spacial score (nSPS) is 13.5. The lowest BCUT2D eigenvalue weighted by Gasteiger charge is -2.17. The van der Waals surface area contributed by atoms with E-state index in [1.54, 1.807) is 18.3 Å². The van der Waals surface area contributed by atoms with Gasteiger partial charge in [-0.05, 0) is 81.4 Å². The summed E-state index contributed by atoms with van der Waals surface area (Å²) in [6, 6.07) is 24.9. The molecule has 4 heterocycles. The van der Waals surface area contributed by atoms with Crippen molar-refractivity contribution < 1.29 is 116 Å². The number of anilines is 2. The fraction of sp³-hybridized carbons (Fsp3) is 0.182. The van der Waals surface area contributed by atoms with Crippen molar-refractivity contribution in [2.75, 3.05) is 24.9 Å². The van der Waals surface area contributed by atoms with E-state index in [2.05, 4.69) is 49.0 Å². The molecule has 7 aromatic rings. The monoisotopic (exact) mass is 1260 g/mol. The average Bonchev–Trinajstić information content (AvgIpc) is 3.69. The minimum Gasteiger partial charge on any atom is -0.493 e. The number of amides is 3. The second-order valence-corrected chi connectivity index (χ2v) is 19.4. The van der Waals surface area contributed by atoms with Crippen molar-refractivity contribution >= 4 is 52.0 Å². The number of thioether (sulfide) groups is 1. The number of carboxylic acid groups (broad SMARTS) is 1. The van der Waals surface area contributed by atoms with Crippen molar-refractivity contribution in [1.29, 1.82) is 0 Å². The summed E-state index contributed by atoms with van der Waals surface area (Å²) >= 11 is 1.53. The predicted octanol–water partition coefficient (Wildman–Crippen LogP) is 12.4. The number of nitrogens with zero attached hydrogens (tertiary/aromatic N) is 3. The molecule has 7 N–H and O–H groups in total. The molecule has 0 atom stereocenters. The smallest absolute Gasteiger partial charge is 0.493 e. The van der Waals surface area contributed by atoms with Gasteiger partial charge in [0, 0.05) is 65.1 Å². The fourth-order valence-corrected chi connectivity index (χ4v) is 8.16. The van der Waals surface area contributed by atoms with Crippen LogP contribution in [0, 0.1) is 0 Å². The molecular weight excluding hydrogens is 1220 g/mol. The van der Waals surface area contributed by atoms with E-state index in [9.17, 15) is 68.2 Å². The fourth-order valence-electron chi connectivity index (χ4n) is 7.15. The number of nitrogens with one attached hydrogen (secondary N) is 2. The molecule has 9 rings (SSSR count). The third-order valence-electron chi connectivity index (χ3n) is 10.6. The van der Waals surface area contributed by atoms with E-state index in [0.29, 0.717) is 0 Å². The van der Waals surface area contributed by atoms with E-state index in [1.165, 1.54) is 30.1 Å². The van der Waals surface area contributed by atoms with Gasteiger partial charge >= 0.3 is 31.3 Å². The number of pyridine rings is 2. The summed E-state index contributed by atoms with van der Waals surface area (Å²) < 4.78 is 174. The Labute approximate surface area is 493 Å². The number of carboxylic acids is 1. The highest BCUT2D eigenvalue weighted by molar-refractivity contribution is 8.14. The highest BCUT2D eigenvalue weighted by atomic mass is 32.2. The molecule has 33 heteroatoms. The van der Waals surface area contributed by atoms with Crippen molar-refractivity contribution in [2.24, 2.45) is 16.5 Å². The number of ether oxygens (including phenoxy) is 10. The van der Waals surface area contributed by atoms with Gasteiger partial charge in [-0.3, -0.25) is 29.3 Å². The number of benzene rings is 5. The number of aliphatic imine (C=N–C) groups is 1. The minimum absolute atomic E-state index is 0.0778. The summed E-state index contributed by atoms with van der Waals surface area (Å²) in [5, 5.41) is 15.7. The molecule has 3 amide bonds. The number of fused-ring (bicyclic) bond motifs is 2. The first-order valence-corrected chi connectivity index (χ1v) is 25.2. The van der Waals surface area contributed by atoms with Crippen LogP contribution in [-0.4, -0.2) is 89.0 Å². The van der Waals surface area contributed by atoms with Crippen LogP contribution in [0.25, 0.3) is 0 Å². The first kappa shape index (κ1) is 65.0. The van der Waals surface area contributed by atoms with Crippen LogP contribution < -0.4 is 69.5 Å². The summed E-state index contributed by atoms with van der Waals surface area (Å²) in [6.07, 6.45) is -15.2.